The molecule has 2 aromatic carbocycles. The molecule has 4 heteroatoms. The Balaban J connectivity index is 1.50. The largest absolute Gasteiger partial charge is 0.477 e. The molecule has 3 aliphatic rings. The molecule has 0 bridgehead atoms. The summed E-state index contributed by atoms with van der Waals surface area (Å²) in [4.78, 5) is 15.2. The highest BCUT2D eigenvalue weighted by Gasteiger charge is 2.36. The molecule has 0 amide bonds. The van der Waals surface area contributed by atoms with Crippen molar-refractivity contribution in [2.24, 2.45) is 0 Å². The van der Waals surface area contributed by atoms with E-state index in [-0.39, 0.29) is 5.78 Å². The number of ketones is 1. The summed E-state index contributed by atoms with van der Waals surface area (Å²) in [5.41, 5.74) is 4.82. The molecule has 0 spiro atoms. The molecule has 0 N–H and O–H groups in total. The molecular weight excluding hydrogens is 326 g/mol. The quantitative estimate of drug-likeness (QED) is 0.762. The van der Waals surface area contributed by atoms with Crippen molar-refractivity contribution < 1.29 is 14.3 Å². The van der Waals surface area contributed by atoms with Gasteiger partial charge in [0, 0.05) is 23.7 Å². The fraction of sp³-hybridized carbons (Fsp3) is 0.318. The minimum absolute atomic E-state index is 0.0463. The molecule has 1 aliphatic carbocycles. The van der Waals surface area contributed by atoms with E-state index in [9.17, 15) is 4.79 Å². The van der Waals surface area contributed by atoms with E-state index < -0.39 is 0 Å². The Kier molecular flexibility index (Phi) is 3.44. The zero-order valence-electron chi connectivity index (χ0n) is 15.0. The first-order valence-corrected chi connectivity index (χ1v) is 9.14. The van der Waals surface area contributed by atoms with Crippen molar-refractivity contribution in [2.45, 2.75) is 39.3 Å². The van der Waals surface area contributed by atoms with Gasteiger partial charge in [-0.25, -0.2) is 0 Å². The zero-order chi connectivity index (χ0) is 17.8. The maximum absolute atomic E-state index is 12.9. The van der Waals surface area contributed by atoms with Crippen LogP contribution in [0.15, 0.2) is 36.1 Å². The second-order valence-corrected chi connectivity index (χ2v) is 7.47. The van der Waals surface area contributed by atoms with E-state index in [1.165, 1.54) is 18.4 Å². The van der Waals surface area contributed by atoms with E-state index >= 15 is 0 Å². The van der Waals surface area contributed by atoms with Crippen LogP contribution in [0.4, 0.5) is 0 Å². The van der Waals surface area contributed by atoms with Gasteiger partial charge in [0.05, 0.1) is 5.56 Å². The Bertz CT molecular complexity index is 939. The zero-order valence-corrected chi connectivity index (χ0v) is 15.0. The molecule has 0 radical (unpaired) electrons. The lowest BCUT2D eigenvalue weighted by molar-refractivity contribution is 0.0872. The van der Waals surface area contributed by atoms with E-state index in [0.717, 1.165) is 29.0 Å². The molecule has 1 saturated carbocycles. The van der Waals surface area contributed by atoms with E-state index in [4.69, 9.17) is 9.47 Å². The van der Waals surface area contributed by atoms with Gasteiger partial charge in [-0.05, 0) is 44.4 Å². The molecule has 4 nitrogen and oxygen atoms in total. The summed E-state index contributed by atoms with van der Waals surface area (Å²) in [6.07, 6.45) is 4.31. The number of ether oxygens (including phenoxy) is 2. The molecular formula is C22H21NO3. The first-order valence-electron chi connectivity index (χ1n) is 9.14. The predicted molar refractivity (Wildman–Crippen MR) is 99.4 cm³/mol. The van der Waals surface area contributed by atoms with Crippen molar-refractivity contribution in [3.05, 3.63) is 63.9 Å². The van der Waals surface area contributed by atoms with Gasteiger partial charge in [-0.15, -0.1) is 0 Å². The van der Waals surface area contributed by atoms with Crippen LogP contribution in [0.25, 0.3) is 6.08 Å². The fourth-order valence-electron chi connectivity index (χ4n) is 3.75. The fourth-order valence-corrected chi connectivity index (χ4v) is 3.75. The maximum Gasteiger partial charge on any atom is 0.231 e. The number of carbonyl (C=O) groups is 1. The van der Waals surface area contributed by atoms with Crippen LogP contribution in [0, 0.1) is 13.8 Å². The smallest absolute Gasteiger partial charge is 0.231 e. The molecule has 0 aromatic heterocycles. The van der Waals surface area contributed by atoms with Crippen molar-refractivity contribution in [3.63, 3.8) is 0 Å². The van der Waals surface area contributed by atoms with E-state index in [1.807, 2.05) is 50.3 Å². The molecule has 0 atom stereocenters. The lowest BCUT2D eigenvalue weighted by Crippen LogP contribution is -2.34. The Hall–Kier alpha value is -2.59. The van der Waals surface area contributed by atoms with Crippen molar-refractivity contribution in [3.8, 4) is 11.5 Å². The number of aryl methyl sites for hydroxylation is 1. The number of rotatable bonds is 2. The van der Waals surface area contributed by atoms with Crippen LogP contribution < -0.4 is 9.47 Å². The van der Waals surface area contributed by atoms with Crippen LogP contribution in [0.5, 0.6) is 11.5 Å². The Morgan fingerprint density at radius 3 is 2.62 bits per heavy atom. The molecule has 0 unspecified atom stereocenters. The highest BCUT2D eigenvalue weighted by Crippen LogP contribution is 2.44. The third kappa shape index (κ3) is 2.53. The highest BCUT2D eigenvalue weighted by atomic mass is 16.5. The first-order chi connectivity index (χ1) is 12.6. The summed E-state index contributed by atoms with van der Waals surface area (Å²) in [7, 11) is 0. The molecule has 2 heterocycles. The normalized spacial score (nSPS) is 20.5. The van der Waals surface area contributed by atoms with Gasteiger partial charge in [0.1, 0.15) is 18.2 Å². The minimum Gasteiger partial charge on any atom is -0.477 e. The van der Waals surface area contributed by atoms with Crippen LogP contribution >= 0.6 is 0 Å². The van der Waals surface area contributed by atoms with Gasteiger partial charge in [0.2, 0.25) is 5.78 Å². The van der Waals surface area contributed by atoms with Gasteiger partial charge in [-0.2, -0.15) is 0 Å². The third-order valence-electron chi connectivity index (χ3n) is 5.40. The second-order valence-electron chi connectivity index (χ2n) is 7.47. The number of benzene rings is 2. The molecule has 1 fully saturated rings. The van der Waals surface area contributed by atoms with Crippen LogP contribution in [-0.2, 0) is 6.54 Å². The van der Waals surface area contributed by atoms with Gasteiger partial charge in [0.25, 0.3) is 0 Å². The molecule has 26 heavy (non-hydrogen) atoms. The minimum atomic E-state index is -0.0463. The summed E-state index contributed by atoms with van der Waals surface area (Å²) in [5, 5.41) is 0. The molecule has 5 rings (SSSR count). The van der Waals surface area contributed by atoms with Crippen molar-refractivity contribution >= 4 is 11.9 Å². The molecule has 2 aromatic rings. The van der Waals surface area contributed by atoms with Crippen molar-refractivity contribution in [2.75, 3.05) is 6.73 Å². The summed E-state index contributed by atoms with van der Waals surface area (Å²) in [6, 6.07) is 10.7. The van der Waals surface area contributed by atoms with Gasteiger partial charge in [-0.1, -0.05) is 29.8 Å². The van der Waals surface area contributed by atoms with E-state index in [1.54, 1.807) is 0 Å². The lowest BCUT2D eigenvalue weighted by Gasteiger charge is -2.30. The average molecular weight is 347 g/mol. The van der Waals surface area contributed by atoms with Gasteiger partial charge < -0.3 is 9.47 Å². The van der Waals surface area contributed by atoms with Crippen LogP contribution in [-0.4, -0.2) is 23.5 Å². The second kappa shape index (κ2) is 5.71. The monoisotopic (exact) mass is 347 g/mol. The standard InChI is InChI=1S/C22H21NO3/c1-13-3-5-15(6-4-13)9-19-20(24)18-10-16-11-23(17-7-8-17)12-25-21(16)14(2)22(18)26-19/h3-6,9-10,17H,7-8,11-12H2,1-2H3/b19-9-. The number of carbonyl (C=O) groups excluding carboxylic acids is 1. The number of hydrogen-bond donors (Lipinski definition) is 0. The van der Waals surface area contributed by atoms with E-state index in [2.05, 4.69) is 4.90 Å². The van der Waals surface area contributed by atoms with Gasteiger partial charge in [-0.3, -0.25) is 9.69 Å². The third-order valence-corrected chi connectivity index (χ3v) is 5.40. The maximum atomic E-state index is 12.9. The Labute approximate surface area is 153 Å². The topological polar surface area (TPSA) is 38.8 Å². The lowest BCUT2D eigenvalue weighted by atomic mass is 10.00. The number of nitrogens with zero attached hydrogens (tertiary/aromatic N) is 1. The number of fused-ring (bicyclic) bond motifs is 2. The van der Waals surface area contributed by atoms with Crippen molar-refractivity contribution in [1.29, 1.82) is 0 Å². The van der Waals surface area contributed by atoms with Crippen LogP contribution in [0.2, 0.25) is 0 Å². The molecule has 0 saturated heterocycles. The average Bonchev–Trinajstić information content (AvgIpc) is 3.44. The summed E-state index contributed by atoms with van der Waals surface area (Å²) in [6.45, 7) is 5.49. The van der Waals surface area contributed by atoms with E-state index in [0.29, 0.717) is 29.8 Å². The number of Topliss-reactive ketones (excluding diaryl/α,β-unsaturated/α-hetero) is 1. The van der Waals surface area contributed by atoms with Crippen LogP contribution in [0.1, 0.15) is 45.5 Å². The first kappa shape index (κ1) is 15.6. The van der Waals surface area contributed by atoms with Crippen LogP contribution in [0.3, 0.4) is 0 Å². The number of hydrogen-bond acceptors (Lipinski definition) is 4. The molecule has 132 valence electrons. The summed E-state index contributed by atoms with van der Waals surface area (Å²) >= 11 is 0. The summed E-state index contributed by atoms with van der Waals surface area (Å²) in [5.74, 6) is 1.86. The van der Waals surface area contributed by atoms with Crippen molar-refractivity contribution in [1.82, 2.24) is 4.90 Å². The summed E-state index contributed by atoms with van der Waals surface area (Å²) < 4.78 is 12.0. The van der Waals surface area contributed by atoms with Gasteiger partial charge in [0.15, 0.2) is 5.76 Å². The molecule has 2 aliphatic heterocycles. The predicted octanol–water partition coefficient (Wildman–Crippen LogP) is 4.23. The Morgan fingerprint density at radius 1 is 1.12 bits per heavy atom. The number of allylic oxidation sites excluding steroid dienone is 1. The SMILES string of the molecule is Cc1ccc(/C=C2\Oc3c(cc4c(c3C)OCN(C3CC3)C4)C2=O)cc1. The highest BCUT2D eigenvalue weighted by molar-refractivity contribution is 6.15. The van der Waals surface area contributed by atoms with Gasteiger partial charge >= 0.3 is 0 Å². The Morgan fingerprint density at radius 2 is 1.88 bits per heavy atom.